The van der Waals surface area contributed by atoms with Crippen LogP contribution in [-0.4, -0.2) is 48.1 Å². The summed E-state index contributed by atoms with van der Waals surface area (Å²) in [4.78, 5) is 24.6. The minimum atomic E-state index is -1.13. The van der Waals surface area contributed by atoms with Crippen LogP contribution in [-0.2, 0) is 16.0 Å². The first-order chi connectivity index (χ1) is 14.3. The van der Waals surface area contributed by atoms with Crippen molar-refractivity contribution in [2.75, 3.05) is 20.0 Å². The Balaban J connectivity index is 2.16. The molecule has 7 nitrogen and oxygen atoms in total. The minimum Gasteiger partial charge on any atom is -0.508 e. The third-order valence-corrected chi connectivity index (χ3v) is 5.45. The summed E-state index contributed by atoms with van der Waals surface area (Å²) in [5.74, 6) is -0.831. The summed E-state index contributed by atoms with van der Waals surface area (Å²) in [6, 6.07) is 10.5. The van der Waals surface area contributed by atoms with Gasteiger partial charge in [0.05, 0.1) is 20.1 Å². The smallest absolute Gasteiger partial charge is 0.326 e. The SMILES string of the molecule is COc1ccc(C(C)C(CS)C(=O)N[C@@H](Cc2ccc(O)cc2)C(=O)O)cc1OC. The highest BCUT2D eigenvalue weighted by molar-refractivity contribution is 7.80. The fourth-order valence-corrected chi connectivity index (χ4v) is 3.67. The number of carboxylic acid groups (broad SMARTS) is 1. The van der Waals surface area contributed by atoms with Gasteiger partial charge in [0, 0.05) is 12.2 Å². The van der Waals surface area contributed by atoms with Gasteiger partial charge < -0.3 is 25.0 Å². The summed E-state index contributed by atoms with van der Waals surface area (Å²) in [7, 11) is 3.08. The van der Waals surface area contributed by atoms with Crippen LogP contribution in [0.3, 0.4) is 0 Å². The second kappa shape index (κ2) is 10.8. The average molecular weight is 434 g/mol. The van der Waals surface area contributed by atoms with E-state index in [2.05, 4.69) is 17.9 Å². The molecule has 0 radical (unpaired) electrons. The maximum Gasteiger partial charge on any atom is 0.326 e. The zero-order valence-electron chi connectivity index (χ0n) is 17.2. The second-order valence-electron chi connectivity index (χ2n) is 6.96. The number of carboxylic acids is 1. The molecule has 0 saturated heterocycles. The summed E-state index contributed by atoms with van der Waals surface area (Å²) in [6.45, 7) is 1.89. The lowest BCUT2D eigenvalue weighted by Gasteiger charge is -2.25. The van der Waals surface area contributed by atoms with E-state index in [9.17, 15) is 19.8 Å². The minimum absolute atomic E-state index is 0.0912. The number of ether oxygens (including phenoxy) is 2. The highest BCUT2D eigenvalue weighted by Gasteiger charge is 2.29. The molecule has 2 unspecified atom stereocenters. The molecule has 0 aromatic heterocycles. The number of aliphatic carboxylic acids is 1. The van der Waals surface area contributed by atoms with Gasteiger partial charge in [-0.25, -0.2) is 4.79 Å². The standard InChI is InChI=1S/C22H27NO6S/c1-13(15-6-9-19(28-2)20(11-15)29-3)17(12-30)21(25)23-18(22(26)27)10-14-4-7-16(24)8-5-14/h4-9,11,13,17-18,24,30H,10,12H2,1-3H3,(H,23,25)(H,26,27)/t13?,17?,18-/m0/s1. The summed E-state index contributed by atoms with van der Waals surface area (Å²) in [5, 5.41) is 21.6. The van der Waals surface area contributed by atoms with E-state index in [1.807, 2.05) is 13.0 Å². The van der Waals surface area contributed by atoms with Crippen LogP contribution in [0.25, 0.3) is 0 Å². The number of nitrogens with one attached hydrogen (secondary N) is 1. The van der Waals surface area contributed by atoms with E-state index in [1.54, 1.807) is 31.4 Å². The zero-order valence-corrected chi connectivity index (χ0v) is 18.1. The molecule has 0 aliphatic heterocycles. The number of thiol groups is 1. The Kier molecular flexibility index (Phi) is 8.41. The number of benzene rings is 2. The summed E-state index contributed by atoms with van der Waals surface area (Å²) >= 11 is 4.32. The number of phenols is 1. The number of hydrogen-bond acceptors (Lipinski definition) is 6. The lowest BCUT2D eigenvalue weighted by molar-refractivity contribution is -0.142. The van der Waals surface area contributed by atoms with E-state index in [-0.39, 0.29) is 23.8 Å². The number of aromatic hydroxyl groups is 1. The van der Waals surface area contributed by atoms with Crippen molar-refractivity contribution in [3.05, 3.63) is 53.6 Å². The van der Waals surface area contributed by atoms with Gasteiger partial charge in [0.15, 0.2) is 11.5 Å². The fourth-order valence-electron chi connectivity index (χ4n) is 3.18. The third kappa shape index (κ3) is 5.82. The van der Waals surface area contributed by atoms with E-state index in [4.69, 9.17) is 9.47 Å². The molecule has 162 valence electrons. The summed E-state index contributed by atoms with van der Waals surface area (Å²) < 4.78 is 10.6. The zero-order chi connectivity index (χ0) is 22.3. The summed E-state index contributed by atoms with van der Waals surface area (Å²) in [6.07, 6.45) is 0.103. The molecule has 0 aliphatic rings. The highest BCUT2D eigenvalue weighted by Crippen LogP contribution is 2.33. The van der Waals surface area contributed by atoms with Crippen LogP contribution in [0.1, 0.15) is 24.0 Å². The Morgan fingerprint density at radius 1 is 1.07 bits per heavy atom. The molecule has 8 heteroatoms. The van der Waals surface area contributed by atoms with Crippen molar-refractivity contribution >= 4 is 24.5 Å². The van der Waals surface area contributed by atoms with Crippen molar-refractivity contribution < 1.29 is 29.3 Å². The van der Waals surface area contributed by atoms with Gasteiger partial charge in [-0.2, -0.15) is 12.6 Å². The van der Waals surface area contributed by atoms with Gasteiger partial charge in [-0.05, 0) is 41.3 Å². The molecule has 0 heterocycles. The molecule has 2 aromatic carbocycles. The first-order valence-electron chi connectivity index (χ1n) is 9.44. The van der Waals surface area contributed by atoms with Crippen molar-refractivity contribution in [1.29, 1.82) is 0 Å². The van der Waals surface area contributed by atoms with E-state index in [0.29, 0.717) is 17.1 Å². The normalized spacial score (nSPS) is 13.7. The van der Waals surface area contributed by atoms with Crippen LogP contribution in [0.4, 0.5) is 0 Å². The van der Waals surface area contributed by atoms with Crippen LogP contribution in [0.15, 0.2) is 42.5 Å². The molecule has 1 amide bonds. The van der Waals surface area contributed by atoms with Crippen molar-refractivity contribution in [2.45, 2.75) is 25.3 Å². The Bertz CT molecular complexity index is 870. The lowest BCUT2D eigenvalue weighted by Crippen LogP contribution is -2.46. The van der Waals surface area contributed by atoms with Gasteiger partial charge in [0.25, 0.3) is 0 Å². The second-order valence-corrected chi connectivity index (χ2v) is 7.33. The Hall–Kier alpha value is -2.87. The molecule has 30 heavy (non-hydrogen) atoms. The van der Waals surface area contributed by atoms with E-state index in [0.717, 1.165) is 5.56 Å². The Morgan fingerprint density at radius 2 is 1.70 bits per heavy atom. The van der Waals surface area contributed by atoms with Gasteiger partial charge in [-0.15, -0.1) is 0 Å². The molecule has 0 spiro atoms. The number of rotatable bonds is 10. The van der Waals surface area contributed by atoms with Crippen molar-refractivity contribution in [1.82, 2.24) is 5.32 Å². The first-order valence-corrected chi connectivity index (χ1v) is 10.1. The van der Waals surface area contributed by atoms with Gasteiger partial charge in [0.2, 0.25) is 5.91 Å². The first kappa shape index (κ1) is 23.4. The Labute approximate surface area is 181 Å². The number of carbonyl (C=O) groups is 2. The van der Waals surface area contributed by atoms with Crippen molar-refractivity contribution in [3.63, 3.8) is 0 Å². The molecule has 0 bridgehead atoms. The number of methoxy groups -OCH3 is 2. The highest BCUT2D eigenvalue weighted by atomic mass is 32.1. The van der Waals surface area contributed by atoms with Gasteiger partial charge in [-0.3, -0.25) is 4.79 Å². The van der Waals surface area contributed by atoms with Crippen LogP contribution in [0.2, 0.25) is 0 Å². The molecule has 0 fully saturated rings. The van der Waals surface area contributed by atoms with Crippen LogP contribution in [0.5, 0.6) is 17.2 Å². The molecule has 0 aliphatic carbocycles. The predicted octanol–water partition coefficient (Wildman–Crippen LogP) is 2.87. The van der Waals surface area contributed by atoms with Crippen LogP contribution < -0.4 is 14.8 Å². The Morgan fingerprint density at radius 3 is 2.23 bits per heavy atom. The third-order valence-electron chi connectivity index (χ3n) is 5.06. The topological polar surface area (TPSA) is 105 Å². The average Bonchev–Trinajstić information content (AvgIpc) is 2.74. The number of carbonyl (C=O) groups excluding carboxylic acids is 1. The van der Waals surface area contributed by atoms with Gasteiger partial charge in [-0.1, -0.05) is 25.1 Å². The predicted molar refractivity (Wildman–Crippen MR) is 117 cm³/mol. The molecular weight excluding hydrogens is 406 g/mol. The lowest BCUT2D eigenvalue weighted by atomic mass is 9.87. The number of phenolic OH excluding ortho intramolecular Hbond substituents is 1. The largest absolute Gasteiger partial charge is 0.508 e. The van der Waals surface area contributed by atoms with Crippen LogP contribution in [0, 0.1) is 5.92 Å². The van der Waals surface area contributed by atoms with Crippen LogP contribution >= 0.6 is 12.6 Å². The monoisotopic (exact) mass is 433 g/mol. The van der Waals surface area contributed by atoms with E-state index in [1.165, 1.54) is 19.2 Å². The molecule has 0 saturated carbocycles. The summed E-state index contributed by atoms with van der Waals surface area (Å²) in [5.41, 5.74) is 1.54. The number of amides is 1. The number of hydrogen-bond donors (Lipinski definition) is 4. The molecule has 2 aromatic rings. The van der Waals surface area contributed by atoms with Crippen molar-refractivity contribution in [2.24, 2.45) is 5.92 Å². The van der Waals surface area contributed by atoms with E-state index < -0.39 is 23.8 Å². The molecular formula is C22H27NO6S. The van der Waals surface area contributed by atoms with Gasteiger partial charge >= 0.3 is 5.97 Å². The molecule has 3 atom stereocenters. The van der Waals surface area contributed by atoms with Crippen molar-refractivity contribution in [3.8, 4) is 17.2 Å². The molecule has 2 rings (SSSR count). The molecule has 3 N–H and O–H groups in total. The maximum absolute atomic E-state index is 12.9. The maximum atomic E-state index is 12.9. The van der Waals surface area contributed by atoms with E-state index >= 15 is 0 Å². The quantitative estimate of drug-likeness (QED) is 0.430. The fraction of sp³-hybridized carbons (Fsp3) is 0.364. The van der Waals surface area contributed by atoms with Gasteiger partial charge in [0.1, 0.15) is 11.8 Å².